The summed E-state index contributed by atoms with van der Waals surface area (Å²) in [6, 6.07) is 0. The van der Waals surface area contributed by atoms with Crippen molar-refractivity contribution in [3.8, 4) is 0 Å². The molecule has 0 rings (SSSR count). The molecule has 0 fully saturated rings. The molecule has 0 aromatic heterocycles. The first-order valence-electron chi connectivity index (χ1n) is 18.3. The van der Waals surface area contributed by atoms with Gasteiger partial charge in [-0.3, -0.25) is 0 Å². The average Bonchev–Trinajstić information content (AvgIpc) is 2.58. The summed E-state index contributed by atoms with van der Waals surface area (Å²) < 4.78 is 78.7. The third kappa shape index (κ3) is 26.9. The van der Waals surface area contributed by atoms with Crippen LogP contribution in [0.2, 0.25) is 170 Å². The van der Waals surface area contributed by atoms with Gasteiger partial charge >= 0.3 is 111 Å². The Morgan fingerprint density at radius 3 is 0.321 bits per heavy atom. The van der Waals surface area contributed by atoms with E-state index in [1.165, 1.54) is 0 Å². The minimum Gasteiger partial charge on any atom is -0.416 e. The summed E-state index contributed by atoms with van der Waals surface area (Å²) in [5, 5.41) is 0. The van der Waals surface area contributed by atoms with E-state index >= 15 is 0 Å². The van der Waals surface area contributed by atoms with Crippen LogP contribution in [0.4, 0.5) is 0 Å². The molecule has 0 radical (unpaired) electrons. The first kappa shape index (κ1) is 55.3. The molecule has 27 heteroatoms. The van der Waals surface area contributed by atoms with Crippen LogP contribution in [0.25, 0.3) is 0 Å². The summed E-state index contributed by atoms with van der Waals surface area (Å²) in [6.45, 7) is 51.0. The molecule has 320 valence electrons. The van der Waals surface area contributed by atoms with Crippen LogP contribution >= 0.6 is 0 Å². The predicted octanol–water partition coefficient (Wildman–Crippen LogP) is 8.29. The minimum atomic E-state index is -2.77. The normalized spacial score (nSPS) is 16.1. The zero-order valence-electron chi connectivity index (χ0n) is 38.3. The molecule has 0 amide bonds. The quantitative estimate of drug-likeness (QED) is 0.0893. The van der Waals surface area contributed by atoms with E-state index in [0.717, 1.165) is 0 Å². The minimum absolute atomic E-state index is 1.74. The monoisotopic (exact) mass is 980 g/mol. The molecule has 0 aromatic carbocycles. The van der Waals surface area contributed by atoms with Crippen LogP contribution in [0.3, 0.4) is 0 Å². The van der Waals surface area contributed by atoms with Crippen molar-refractivity contribution in [2.24, 2.45) is 0 Å². The Balaban J connectivity index is 5.60. The molecular formula is C26H80O14Si13. The largest absolute Gasteiger partial charge is 0.416 e. The van der Waals surface area contributed by atoms with Gasteiger partial charge in [0.1, 0.15) is 0 Å². The Hall–Kier alpha value is 2.26. The van der Waals surface area contributed by atoms with E-state index in [4.69, 9.17) is 49.4 Å². The second kappa shape index (κ2) is 18.1. The van der Waals surface area contributed by atoms with Gasteiger partial charge in [0.05, 0.1) is 0 Å². The van der Waals surface area contributed by atoms with Crippen molar-refractivity contribution >= 4 is 111 Å². The molecular weight excluding hydrogens is 901 g/mol. The molecule has 0 aromatic rings. The van der Waals surface area contributed by atoms with Crippen LogP contribution in [0, 0.1) is 0 Å². The smallest absolute Gasteiger partial charge is 0.320 e. The molecule has 2 N–H and O–H groups in total. The number of hydrogen-bond acceptors (Lipinski definition) is 14. The standard InChI is InChI=1S/C26H80O14Si13/c1-41(2,27)29-43(5,6)31-45(9,10)33-47(13,14)35-49(17,18)37-51(21,22)39-53(25,26)40-52(23,24)38-50(19,20)36-48(15,16)34-46(11,12)32-44(7,8)30-42(3,4)28/h27-28H,1-26H3. The highest BCUT2D eigenvalue weighted by atomic mass is 28.5. The van der Waals surface area contributed by atoms with E-state index in [2.05, 4.69) is 0 Å². The second-order valence-corrected chi connectivity index (χ2v) is 65.9. The van der Waals surface area contributed by atoms with E-state index in [-0.39, 0.29) is 0 Å². The van der Waals surface area contributed by atoms with Crippen molar-refractivity contribution < 1.29 is 59.0 Å². The van der Waals surface area contributed by atoms with E-state index in [1.807, 2.05) is 144 Å². The van der Waals surface area contributed by atoms with Crippen molar-refractivity contribution in [2.75, 3.05) is 0 Å². The summed E-state index contributed by atoms with van der Waals surface area (Å²) >= 11 is 0. The van der Waals surface area contributed by atoms with E-state index in [0.29, 0.717) is 0 Å². The topological polar surface area (TPSA) is 151 Å². The summed E-state index contributed by atoms with van der Waals surface area (Å²) in [4.78, 5) is 20.7. The molecule has 14 nitrogen and oxygen atoms in total. The molecule has 0 unspecified atom stereocenters. The maximum Gasteiger partial charge on any atom is 0.320 e. The molecule has 0 aliphatic rings. The van der Waals surface area contributed by atoms with E-state index < -0.39 is 111 Å². The van der Waals surface area contributed by atoms with Crippen LogP contribution in [0.15, 0.2) is 0 Å². The highest BCUT2D eigenvalue weighted by Crippen LogP contribution is 2.31. The van der Waals surface area contributed by atoms with Crippen molar-refractivity contribution in [3.63, 3.8) is 0 Å². The molecule has 0 atom stereocenters. The number of hydrogen-bond donors (Lipinski definition) is 2. The number of rotatable bonds is 24. The molecule has 0 saturated heterocycles. The Bertz CT molecular complexity index is 1100. The fourth-order valence-electron chi connectivity index (χ4n) is 7.35. The SMILES string of the molecule is C[Si](C)(O)O[Si](C)(C)O[Si](C)(C)O[Si](C)(C)O[Si](C)(C)O[Si](C)(C)O[Si](C)(C)O[Si](C)(C)O[Si](C)(C)O[Si](C)(C)O[Si](C)(C)O[Si](C)(C)O[Si](C)(C)O. The van der Waals surface area contributed by atoms with E-state index in [1.54, 1.807) is 26.2 Å². The molecule has 0 aliphatic heterocycles. The van der Waals surface area contributed by atoms with Crippen molar-refractivity contribution in [1.82, 2.24) is 0 Å². The van der Waals surface area contributed by atoms with Crippen LogP contribution in [0.5, 0.6) is 0 Å². The molecule has 0 bridgehead atoms. The molecule has 0 saturated carbocycles. The van der Waals surface area contributed by atoms with Crippen molar-refractivity contribution in [1.29, 1.82) is 0 Å². The first-order chi connectivity index (χ1) is 22.5. The Labute approximate surface area is 338 Å². The first-order valence-corrected chi connectivity index (χ1v) is 55.0. The molecule has 0 spiro atoms. The lowest BCUT2D eigenvalue weighted by atomic mass is 11.9. The highest BCUT2D eigenvalue weighted by Gasteiger charge is 2.52. The van der Waals surface area contributed by atoms with Crippen LogP contribution in [-0.2, 0) is 49.4 Å². The molecule has 0 aliphatic carbocycles. The van der Waals surface area contributed by atoms with Crippen LogP contribution in [0.1, 0.15) is 0 Å². The van der Waals surface area contributed by atoms with Gasteiger partial charge in [0.15, 0.2) is 0 Å². The average molecular weight is 982 g/mol. The Morgan fingerprint density at radius 1 is 0.170 bits per heavy atom. The van der Waals surface area contributed by atoms with Crippen molar-refractivity contribution in [3.05, 3.63) is 0 Å². The van der Waals surface area contributed by atoms with Crippen LogP contribution < -0.4 is 0 Å². The van der Waals surface area contributed by atoms with Gasteiger partial charge in [-0.05, 0) is 170 Å². The lowest BCUT2D eigenvalue weighted by Crippen LogP contribution is -2.63. The highest BCUT2D eigenvalue weighted by molar-refractivity contribution is 6.94. The zero-order chi connectivity index (χ0) is 43.0. The maximum absolute atomic E-state index is 10.3. The Morgan fingerprint density at radius 2 is 0.245 bits per heavy atom. The summed E-state index contributed by atoms with van der Waals surface area (Å²) in [7, 11) is -35.4. The van der Waals surface area contributed by atoms with Crippen LogP contribution in [-0.4, -0.2) is 121 Å². The predicted molar refractivity (Wildman–Crippen MR) is 245 cm³/mol. The van der Waals surface area contributed by atoms with Gasteiger partial charge in [-0.25, -0.2) is 0 Å². The lowest BCUT2D eigenvalue weighted by Gasteiger charge is -2.45. The molecule has 0 heterocycles. The summed E-state index contributed by atoms with van der Waals surface area (Å²) in [5.41, 5.74) is 0. The third-order valence-electron chi connectivity index (χ3n) is 5.91. The second-order valence-electron chi connectivity index (χ2n) is 19.5. The van der Waals surface area contributed by atoms with Gasteiger partial charge in [0, 0.05) is 0 Å². The fourth-order valence-corrected chi connectivity index (χ4v) is 70.3. The van der Waals surface area contributed by atoms with Gasteiger partial charge in [0.2, 0.25) is 0 Å². The summed E-state index contributed by atoms with van der Waals surface area (Å²) in [6.07, 6.45) is 0. The summed E-state index contributed by atoms with van der Waals surface area (Å²) in [5.74, 6) is 0. The van der Waals surface area contributed by atoms with Gasteiger partial charge in [-0.15, -0.1) is 0 Å². The van der Waals surface area contributed by atoms with Gasteiger partial charge in [-0.1, -0.05) is 0 Å². The van der Waals surface area contributed by atoms with Gasteiger partial charge in [0.25, 0.3) is 0 Å². The molecule has 53 heavy (non-hydrogen) atoms. The Kier molecular flexibility index (Phi) is 18.9. The maximum atomic E-state index is 10.3. The van der Waals surface area contributed by atoms with Crippen molar-refractivity contribution in [2.45, 2.75) is 170 Å². The third-order valence-corrected chi connectivity index (χ3v) is 53.2. The zero-order valence-corrected chi connectivity index (χ0v) is 51.3. The van der Waals surface area contributed by atoms with Gasteiger partial charge < -0.3 is 59.0 Å². The van der Waals surface area contributed by atoms with E-state index in [9.17, 15) is 9.59 Å². The fraction of sp³-hybridized carbons (Fsp3) is 1.00. The lowest BCUT2D eigenvalue weighted by molar-refractivity contribution is 0.251. The van der Waals surface area contributed by atoms with Gasteiger partial charge in [-0.2, -0.15) is 0 Å².